The van der Waals surface area contributed by atoms with E-state index in [0.29, 0.717) is 0 Å². The normalized spacial score (nSPS) is 13.7. The van der Waals surface area contributed by atoms with Crippen molar-refractivity contribution in [2.75, 3.05) is 13.7 Å². The number of nitrogens with one attached hydrogen (secondary N) is 1. The molecular weight excluding hydrogens is 288 g/mol. The third-order valence-corrected chi connectivity index (χ3v) is 4.03. The summed E-state index contributed by atoms with van der Waals surface area (Å²) < 4.78 is 7.39. The number of unbranched alkanes of at least 4 members (excludes halogenated alkanes) is 1. The number of aryl methyl sites for hydroxylation is 1. The first-order chi connectivity index (χ1) is 11.2. The monoisotopic (exact) mass is 314 g/mol. The number of nitrogens with zero attached hydrogens (tertiary/aromatic N) is 1. The average Bonchev–Trinajstić information content (AvgIpc) is 2.58. The van der Waals surface area contributed by atoms with Gasteiger partial charge in [0, 0.05) is 32.0 Å². The summed E-state index contributed by atoms with van der Waals surface area (Å²) in [6, 6.07) is 15.8. The van der Waals surface area contributed by atoms with Crippen LogP contribution in [0.25, 0.3) is 0 Å². The van der Waals surface area contributed by atoms with Crippen LogP contribution in [-0.4, -0.2) is 24.3 Å². The number of benzene rings is 1. The standard InChI is InChI=1S/C19H26N2O2/c1-16(19(23-2)17-10-4-3-5-11-17)20-13-7-9-15-21-14-8-6-12-18(21)22/h3-6,8,10-12,14,16,19-20H,7,9,13,15H2,1-2H3/t16-,19+/m0/s1. The molecule has 0 aliphatic heterocycles. The minimum absolute atomic E-state index is 0.0490. The van der Waals surface area contributed by atoms with Gasteiger partial charge in [0.15, 0.2) is 0 Å². The van der Waals surface area contributed by atoms with Crippen LogP contribution < -0.4 is 10.9 Å². The number of hydrogen-bond acceptors (Lipinski definition) is 3. The van der Waals surface area contributed by atoms with Gasteiger partial charge in [-0.1, -0.05) is 36.4 Å². The van der Waals surface area contributed by atoms with E-state index in [1.54, 1.807) is 23.8 Å². The Morgan fingerprint density at radius 3 is 2.52 bits per heavy atom. The fourth-order valence-corrected chi connectivity index (χ4v) is 2.76. The summed E-state index contributed by atoms with van der Waals surface area (Å²) in [5.74, 6) is 0. The highest BCUT2D eigenvalue weighted by Crippen LogP contribution is 2.20. The molecule has 0 spiro atoms. The van der Waals surface area contributed by atoms with Crippen LogP contribution in [-0.2, 0) is 11.3 Å². The van der Waals surface area contributed by atoms with Crippen molar-refractivity contribution >= 4 is 0 Å². The van der Waals surface area contributed by atoms with Crippen LogP contribution in [0.4, 0.5) is 0 Å². The molecule has 0 aliphatic rings. The van der Waals surface area contributed by atoms with Gasteiger partial charge in [-0.05, 0) is 37.9 Å². The average molecular weight is 314 g/mol. The molecule has 0 unspecified atom stereocenters. The molecule has 1 N–H and O–H groups in total. The van der Waals surface area contributed by atoms with Crippen molar-refractivity contribution in [2.45, 2.75) is 38.5 Å². The van der Waals surface area contributed by atoms with Crippen LogP contribution in [0.5, 0.6) is 0 Å². The van der Waals surface area contributed by atoms with Gasteiger partial charge in [-0.25, -0.2) is 0 Å². The molecule has 0 radical (unpaired) electrons. The number of aromatic nitrogens is 1. The van der Waals surface area contributed by atoms with Crippen molar-refractivity contribution < 1.29 is 4.74 Å². The lowest BCUT2D eigenvalue weighted by Crippen LogP contribution is -2.34. The van der Waals surface area contributed by atoms with Crippen LogP contribution in [0, 0.1) is 0 Å². The molecule has 0 saturated heterocycles. The second kappa shape index (κ2) is 9.28. The second-order valence-corrected chi connectivity index (χ2v) is 5.75. The van der Waals surface area contributed by atoms with Crippen molar-refractivity contribution in [2.24, 2.45) is 0 Å². The molecule has 4 heteroatoms. The van der Waals surface area contributed by atoms with Gasteiger partial charge in [0.25, 0.3) is 0 Å². The number of rotatable bonds is 9. The summed E-state index contributed by atoms with van der Waals surface area (Å²) in [6.07, 6.45) is 3.89. The van der Waals surface area contributed by atoms with Crippen molar-refractivity contribution in [1.29, 1.82) is 0 Å². The first-order valence-electron chi connectivity index (χ1n) is 8.19. The number of pyridine rings is 1. The van der Waals surface area contributed by atoms with Crippen LogP contribution in [0.2, 0.25) is 0 Å². The lowest BCUT2D eigenvalue weighted by atomic mass is 10.0. The summed E-state index contributed by atoms with van der Waals surface area (Å²) in [4.78, 5) is 11.6. The van der Waals surface area contributed by atoms with Gasteiger partial charge in [0.2, 0.25) is 5.56 Å². The number of hydrogen-bond donors (Lipinski definition) is 1. The summed E-state index contributed by atoms with van der Waals surface area (Å²) >= 11 is 0. The number of methoxy groups -OCH3 is 1. The maximum atomic E-state index is 11.6. The third-order valence-electron chi connectivity index (χ3n) is 4.03. The molecular formula is C19H26N2O2. The molecule has 0 bridgehead atoms. The summed E-state index contributed by atoms with van der Waals surface area (Å²) in [7, 11) is 1.75. The fourth-order valence-electron chi connectivity index (χ4n) is 2.76. The molecule has 2 aromatic rings. The van der Waals surface area contributed by atoms with Crippen molar-refractivity contribution in [3.8, 4) is 0 Å². The predicted molar refractivity (Wildman–Crippen MR) is 93.6 cm³/mol. The van der Waals surface area contributed by atoms with E-state index < -0.39 is 0 Å². The van der Waals surface area contributed by atoms with Crippen LogP contribution in [0.1, 0.15) is 31.4 Å². The zero-order chi connectivity index (χ0) is 16.5. The van der Waals surface area contributed by atoms with E-state index in [1.165, 1.54) is 5.56 Å². The van der Waals surface area contributed by atoms with Crippen LogP contribution >= 0.6 is 0 Å². The summed E-state index contributed by atoms with van der Waals surface area (Å²) in [5, 5.41) is 3.52. The fraction of sp³-hybridized carbons (Fsp3) is 0.421. The zero-order valence-corrected chi connectivity index (χ0v) is 13.9. The van der Waals surface area contributed by atoms with E-state index >= 15 is 0 Å². The summed E-state index contributed by atoms with van der Waals surface area (Å²) in [6.45, 7) is 3.82. The van der Waals surface area contributed by atoms with Gasteiger partial charge < -0.3 is 14.6 Å². The SMILES string of the molecule is CO[C@@H](c1ccccc1)[C@H](C)NCCCCn1ccccc1=O. The Balaban J connectivity index is 1.73. The summed E-state index contributed by atoms with van der Waals surface area (Å²) in [5.41, 5.74) is 1.25. The first-order valence-corrected chi connectivity index (χ1v) is 8.19. The molecule has 1 aromatic carbocycles. The van der Waals surface area contributed by atoms with E-state index in [4.69, 9.17) is 4.74 Å². The Morgan fingerprint density at radius 1 is 1.09 bits per heavy atom. The van der Waals surface area contributed by atoms with Gasteiger partial charge in [-0.3, -0.25) is 4.79 Å². The molecule has 0 fully saturated rings. The van der Waals surface area contributed by atoms with Gasteiger partial charge >= 0.3 is 0 Å². The number of ether oxygens (including phenoxy) is 1. The lowest BCUT2D eigenvalue weighted by molar-refractivity contribution is 0.0734. The zero-order valence-electron chi connectivity index (χ0n) is 13.9. The molecule has 23 heavy (non-hydrogen) atoms. The molecule has 1 heterocycles. The minimum atomic E-state index is 0.0490. The van der Waals surface area contributed by atoms with E-state index in [0.717, 1.165) is 25.9 Å². The molecule has 4 nitrogen and oxygen atoms in total. The molecule has 0 saturated carbocycles. The van der Waals surface area contributed by atoms with E-state index in [9.17, 15) is 4.79 Å². The highest BCUT2D eigenvalue weighted by molar-refractivity contribution is 5.18. The minimum Gasteiger partial charge on any atom is -0.375 e. The van der Waals surface area contributed by atoms with Gasteiger partial charge in [0.05, 0.1) is 6.10 Å². The Kier molecular flexibility index (Phi) is 7.04. The van der Waals surface area contributed by atoms with Crippen molar-refractivity contribution in [1.82, 2.24) is 9.88 Å². The Labute approximate surface area is 138 Å². The van der Waals surface area contributed by atoms with Gasteiger partial charge in [0.1, 0.15) is 0 Å². The maximum Gasteiger partial charge on any atom is 0.250 e. The lowest BCUT2D eigenvalue weighted by Gasteiger charge is -2.24. The van der Waals surface area contributed by atoms with Crippen LogP contribution in [0.3, 0.4) is 0 Å². The second-order valence-electron chi connectivity index (χ2n) is 5.75. The van der Waals surface area contributed by atoms with Crippen molar-refractivity contribution in [3.05, 3.63) is 70.6 Å². The topological polar surface area (TPSA) is 43.3 Å². The molecule has 0 amide bonds. The van der Waals surface area contributed by atoms with E-state index in [1.807, 2.05) is 30.5 Å². The smallest absolute Gasteiger partial charge is 0.250 e. The van der Waals surface area contributed by atoms with E-state index in [2.05, 4.69) is 24.4 Å². The van der Waals surface area contributed by atoms with Gasteiger partial charge in [-0.2, -0.15) is 0 Å². The predicted octanol–water partition coefficient (Wildman–Crippen LogP) is 2.99. The Hall–Kier alpha value is -1.91. The Bertz CT molecular complexity index is 625. The molecule has 2 rings (SSSR count). The largest absolute Gasteiger partial charge is 0.375 e. The van der Waals surface area contributed by atoms with Gasteiger partial charge in [-0.15, -0.1) is 0 Å². The van der Waals surface area contributed by atoms with E-state index in [-0.39, 0.29) is 17.7 Å². The van der Waals surface area contributed by atoms with Crippen molar-refractivity contribution in [3.63, 3.8) is 0 Å². The molecule has 1 aromatic heterocycles. The Morgan fingerprint density at radius 2 is 1.83 bits per heavy atom. The first kappa shape index (κ1) is 17.4. The highest BCUT2D eigenvalue weighted by Gasteiger charge is 2.17. The highest BCUT2D eigenvalue weighted by atomic mass is 16.5. The quantitative estimate of drug-likeness (QED) is 0.724. The van der Waals surface area contributed by atoms with Crippen LogP contribution in [0.15, 0.2) is 59.5 Å². The molecule has 2 atom stereocenters. The molecule has 124 valence electrons. The maximum absolute atomic E-state index is 11.6. The molecule has 0 aliphatic carbocycles. The third kappa shape index (κ3) is 5.34.